The molecular formula is C28H27N3OS. The summed E-state index contributed by atoms with van der Waals surface area (Å²) in [6.45, 7) is 2.17. The van der Waals surface area contributed by atoms with Crippen molar-refractivity contribution in [3.8, 4) is 16.9 Å². The van der Waals surface area contributed by atoms with Gasteiger partial charge in [-0.2, -0.15) is 5.10 Å². The van der Waals surface area contributed by atoms with E-state index in [1.54, 1.807) is 11.8 Å². The molecule has 0 spiro atoms. The predicted molar refractivity (Wildman–Crippen MR) is 135 cm³/mol. The van der Waals surface area contributed by atoms with Crippen molar-refractivity contribution >= 4 is 17.7 Å². The second-order valence-corrected chi connectivity index (χ2v) is 9.49. The number of para-hydroxylation sites is 1. The Balaban J connectivity index is 1.48. The molecule has 1 amide bonds. The Hall–Kier alpha value is -3.31. The number of carbonyl (C=O) groups excluding carboxylic acids is 1. The lowest BCUT2D eigenvalue weighted by Crippen LogP contribution is -2.36. The van der Waals surface area contributed by atoms with Crippen LogP contribution in [0.1, 0.15) is 29.8 Å². The third-order valence-electron chi connectivity index (χ3n) is 6.15. The van der Waals surface area contributed by atoms with E-state index in [0.29, 0.717) is 5.75 Å². The third-order valence-corrected chi connectivity index (χ3v) is 7.36. The maximum atomic E-state index is 13.0. The van der Waals surface area contributed by atoms with Gasteiger partial charge in [-0.25, -0.2) is 4.68 Å². The highest BCUT2D eigenvalue weighted by Gasteiger charge is 2.38. The van der Waals surface area contributed by atoms with Crippen LogP contribution in [-0.2, 0) is 11.2 Å². The predicted octanol–water partition coefficient (Wildman–Crippen LogP) is 6.13. The number of aryl methyl sites for hydroxylation is 1. The molecule has 166 valence electrons. The fourth-order valence-electron chi connectivity index (χ4n) is 4.41. The number of aromatic nitrogens is 2. The van der Waals surface area contributed by atoms with Crippen LogP contribution in [0.5, 0.6) is 0 Å². The van der Waals surface area contributed by atoms with Gasteiger partial charge in [-0.05, 0) is 37.5 Å². The average molecular weight is 454 g/mol. The molecule has 1 aliphatic rings. The molecule has 0 N–H and O–H groups in total. The first-order valence-electron chi connectivity index (χ1n) is 11.4. The van der Waals surface area contributed by atoms with Crippen molar-refractivity contribution in [2.45, 2.75) is 31.2 Å². The lowest BCUT2D eigenvalue weighted by molar-refractivity contribution is -0.130. The van der Waals surface area contributed by atoms with Crippen LogP contribution >= 0.6 is 11.8 Å². The molecule has 0 bridgehead atoms. The van der Waals surface area contributed by atoms with Crippen LogP contribution < -0.4 is 0 Å². The van der Waals surface area contributed by atoms with Crippen molar-refractivity contribution < 1.29 is 4.79 Å². The van der Waals surface area contributed by atoms with Crippen molar-refractivity contribution in [2.24, 2.45) is 0 Å². The quantitative estimate of drug-likeness (QED) is 0.338. The van der Waals surface area contributed by atoms with Gasteiger partial charge in [0.25, 0.3) is 0 Å². The Morgan fingerprint density at radius 2 is 1.58 bits per heavy atom. The van der Waals surface area contributed by atoms with Crippen LogP contribution in [-0.4, -0.2) is 32.4 Å². The lowest BCUT2D eigenvalue weighted by Gasteiger charge is -2.30. The Kier molecular flexibility index (Phi) is 6.31. The monoisotopic (exact) mass is 453 g/mol. The second-order valence-electron chi connectivity index (χ2n) is 8.42. The van der Waals surface area contributed by atoms with E-state index in [9.17, 15) is 4.79 Å². The Labute approximate surface area is 199 Å². The van der Waals surface area contributed by atoms with Gasteiger partial charge in [-0.3, -0.25) is 4.79 Å². The molecule has 1 saturated heterocycles. The Morgan fingerprint density at radius 3 is 2.27 bits per heavy atom. The maximum absolute atomic E-state index is 13.0. The van der Waals surface area contributed by atoms with Crippen LogP contribution in [0.25, 0.3) is 16.9 Å². The summed E-state index contributed by atoms with van der Waals surface area (Å²) in [5.74, 6) is 0.711. The van der Waals surface area contributed by atoms with Gasteiger partial charge in [0.2, 0.25) is 5.91 Å². The molecule has 0 saturated carbocycles. The molecular weight excluding hydrogens is 426 g/mol. The van der Waals surface area contributed by atoms with Gasteiger partial charge < -0.3 is 4.90 Å². The molecule has 33 heavy (non-hydrogen) atoms. The highest BCUT2D eigenvalue weighted by molar-refractivity contribution is 8.00. The van der Waals surface area contributed by atoms with E-state index in [1.165, 1.54) is 5.56 Å². The van der Waals surface area contributed by atoms with E-state index in [-0.39, 0.29) is 17.3 Å². The number of carbonyl (C=O) groups is 1. The summed E-state index contributed by atoms with van der Waals surface area (Å²) in [5, 5.41) is 4.93. The molecule has 1 fully saturated rings. The van der Waals surface area contributed by atoms with Crippen LogP contribution in [0, 0.1) is 0 Å². The van der Waals surface area contributed by atoms with Gasteiger partial charge in [0.1, 0.15) is 5.37 Å². The number of hydrogen-bond donors (Lipinski definition) is 0. The third kappa shape index (κ3) is 4.60. The summed E-state index contributed by atoms with van der Waals surface area (Å²) in [6.07, 6.45) is 3.99. The molecule has 4 nitrogen and oxygen atoms in total. The van der Waals surface area contributed by atoms with Crippen LogP contribution in [0.3, 0.4) is 0 Å². The van der Waals surface area contributed by atoms with Crippen molar-refractivity contribution in [3.63, 3.8) is 0 Å². The largest absolute Gasteiger partial charge is 0.323 e. The van der Waals surface area contributed by atoms with Crippen molar-refractivity contribution in [2.75, 3.05) is 5.75 Å². The highest BCUT2D eigenvalue weighted by Crippen LogP contribution is 2.44. The smallest absolute Gasteiger partial charge is 0.234 e. The van der Waals surface area contributed by atoms with Crippen molar-refractivity contribution in [1.29, 1.82) is 0 Å². The summed E-state index contributed by atoms with van der Waals surface area (Å²) in [6, 6.07) is 31.1. The summed E-state index contributed by atoms with van der Waals surface area (Å²) < 4.78 is 1.94. The molecule has 1 aromatic heterocycles. The molecule has 5 heteroatoms. The minimum atomic E-state index is -0.0454. The van der Waals surface area contributed by atoms with Crippen molar-refractivity contribution in [3.05, 3.63) is 108 Å². The molecule has 5 rings (SSSR count). The van der Waals surface area contributed by atoms with Crippen LogP contribution in [0.2, 0.25) is 0 Å². The number of benzene rings is 3. The summed E-state index contributed by atoms with van der Waals surface area (Å²) in [7, 11) is 0. The van der Waals surface area contributed by atoms with E-state index < -0.39 is 0 Å². The standard InChI is InChI=1S/C28H27N3OS/c1-21(17-18-22-11-5-2-6-12-22)31-26(32)20-33-28(31)25-19-30(24-15-9-4-10-16-24)29-27(25)23-13-7-3-8-14-23/h2-16,19,21,28H,17-18,20H2,1H3. The summed E-state index contributed by atoms with van der Waals surface area (Å²) in [4.78, 5) is 15.1. The minimum absolute atomic E-state index is 0.0454. The fraction of sp³-hybridized carbons (Fsp3) is 0.214. The van der Waals surface area contributed by atoms with E-state index >= 15 is 0 Å². The number of nitrogens with zero attached hydrogens (tertiary/aromatic N) is 3. The molecule has 4 aromatic rings. The second kappa shape index (κ2) is 9.67. The molecule has 3 aromatic carbocycles. The molecule has 1 aliphatic heterocycles. The van der Waals surface area contributed by atoms with Gasteiger partial charge in [0, 0.05) is 23.4 Å². The van der Waals surface area contributed by atoms with E-state index in [4.69, 9.17) is 5.10 Å². The number of hydrogen-bond acceptors (Lipinski definition) is 3. The topological polar surface area (TPSA) is 38.1 Å². The molecule has 0 aliphatic carbocycles. The number of rotatable bonds is 7. The normalized spacial score (nSPS) is 16.8. The number of amides is 1. The SMILES string of the molecule is CC(CCc1ccccc1)N1C(=O)CSC1c1cn(-c2ccccc2)nc1-c1ccccc1. The molecule has 2 unspecified atom stereocenters. The zero-order chi connectivity index (χ0) is 22.6. The zero-order valence-electron chi connectivity index (χ0n) is 18.7. The summed E-state index contributed by atoms with van der Waals surface area (Å²) in [5.41, 5.74) is 5.42. The minimum Gasteiger partial charge on any atom is -0.323 e. The van der Waals surface area contributed by atoms with Crippen molar-refractivity contribution in [1.82, 2.24) is 14.7 Å². The zero-order valence-corrected chi connectivity index (χ0v) is 19.5. The first-order valence-corrected chi connectivity index (χ1v) is 12.4. The first-order chi connectivity index (χ1) is 16.2. The van der Waals surface area contributed by atoms with Crippen LogP contribution in [0.4, 0.5) is 0 Å². The van der Waals surface area contributed by atoms with Gasteiger partial charge >= 0.3 is 0 Å². The fourth-order valence-corrected chi connectivity index (χ4v) is 5.70. The van der Waals surface area contributed by atoms with E-state index in [0.717, 1.165) is 35.3 Å². The maximum Gasteiger partial charge on any atom is 0.234 e. The Bertz CT molecular complexity index is 1210. The highest BCUT2D eigenvalue weighted by atomic mass is 32.2. The van der Waals surface area contributed by atoms with Gasteiger partial charge in [0.05, 0.1) is 17.1 Å². The van der Waals surface area contributed by atoms with Gasteiger partial charge in [-0.15, -0.1) is 11.8 Å². The van der Waals surface area contributed by atoms with Gasteiger partial charge in [0.15, 0.2) is 0 Å². The van der Waals surface area contributed by atoms with E-state index in [1.807, 2.05) is 47.1 Å². The lowest BCUT2D eigenvalue weighted by atomic mass is 10.0. The summed E-state index contributed by atoms with van der Waals surface area (Å²) >= 11 is 1.70. The van der Waals surface area contributed by atoms with E-state index in [2.05, 4.69) is 66.6 Å². The molecule has 2 atom stereocenters. The Morgan fingerprint density at radius 1 is 0.939 bits per heavy atom. The average Bonchev–Trinajstić information content (AvgIpc) is 3.48. The first kappa shape index (κ1) is 21.5. The molecule has 2 heterocycles. The van der Waals surface area contributed by atoms with Crippen LogP contribution in [0.15, 0.2) is 97.2 Å². The van der Waals surface area contributed by atoms with Gasteiger partial charge in [-0.1, -0.05) is 78.9 Å². The number of thioether (sulfide) groups is 1. The molecule has 0 radical (unpaired) electrons.